The van der Waals surface area contributed by atoms with Gasteiger partial charge in [0.2, 0.25) is 0 Å². The molecule has 0 bridgehead atoms. The molecule has 1 unspecified atom stereocenters. The van der Waals surface area contributed by atoms with Crippen molar-refractivity contribution in [3.8, 4) is 0 Å². The molecule has 1 heteroatoms. The van der Waals surface area contributed by atoms with E-state index < -0.39 is 0 Å². The standard InChI is InChI=1S/C14H23P/c1-13(2,3)11-7-9-12(10-8-11)14(4,5)15-6/h7-10,15H,1-6H3. The highest BCUT2D eigenvalue weighted by molar-refractivity contribution is 7.38. The predicted octanol–water partition coefficient (Wildman–Crippen LogP) is 4.53. The minimum atomic E-state index is 0.261. The van der Waals surface area contributed by atoms with Gasteiger partial charge in [-0.3, -0.25) is 0 Å². The van der Waals surface area contributed by atoms with Crippen molar-refractivity contribution >= 4 is 8.58 Å². The molecule has 0 heterocycles. The van der Waals surface area contributed by atoms with Gasteiger partial charge in [-0.15, -0.1) is 8.58 Å². The lowest BCUT2D eigenvalue weighted by molar-refractivity contribution is 0.589. The molecule has 1 aromatic carbocycles. The van der Waals surface area contributed by atoms with Crippen LogP contribution in [0.5, 0.6) is 0 Å². The van der Waals surface area contributed by atoms with Gasteiger partial charge in [0.15, 0.2) is 0 Å². The van der Waals surface area contributed by atoms with Gasteiger partial charge in [0, 0.05) is 5.16 Å². The summed E-state index contributed by atoms with van der Waals surface area (Å²) in [4.78, 5) is 0. The number of hydrogen-bond donors (Lipinski definition) is 0. The van der Waals surface area contributed by atoms with Crippen molar-refractivity contribution in [2.45, 2.75) is 45.2 Å². The van der Waals surface area contributed by atoms with E-state index in [0.717, 1.165) is 8.58 Å². The first-order valence-electron chi connectivity index (χ1n) is 5.57. The first-order chi connectivity index (χ1) is 6.77. The molecule has 0 fully saturated rings. The quantitative estimate of drug-likeness (QED) is 0.645. The van der Waals surface area contributed by atoms with E-state index in [9.17, 15) is 0 Å². The van der Waals surface area contributed by atoms with Crippen LogP contribution in [0.15, 0.2) is 24.3 Å². The average molecular weight is 222 g/mol. The number of rotatable bonds is 2. The Morgan fingerprint density at radius 1 is 0.800 bits per heavy atom. The lowest BCUT2D eigenvalue weighted by Gasteiger charge is -2.25. The summed E-state index contributed by atoms with van der Waals surface area (Å²) in [5.41, 5.74) is 3.13. The van der Waals surface area contributed by atoms with Crippen LogP contribution >= 0.6 is 8.58 Å². The van der Waals surface area contributed by atoms with Crippen molar-refractivity contribution < 1.29 is 0 Å². The molecule has 15 heavy (non-hydrogen) atoms. The van der Waals surface area contributed by atoms with Crippen molar-refractivity contribution in [2.75, 3.05) is 6.66 Å². The Bertz CT molecular complexity index is 314. The van der Waals surface area contributed by atoms with Crippen molar-refractivity contribution in [1.82, 2.24) is 0 Å². The minimum Gasteiger partial charge on any atom is -0.115 e. The molecule has 0 aliphatic heterocycles. The Morgan fingerprint density at radius 2 is 1.20 bits per heavy atom. The molecule has 0 spiro atoms. The zero-order chi connectivity index (χ0) is 11.7. The van der Waals surface area contributed by atoms with Crippen molar-refractivity contribution in [1.29, 1.82) is 0 Å². The third-order valence-corrected chi connectivity index (χ3v) is 4.64. The monoisotopic (exact) mass is 222 g/mol. The Labute approximate surface area is 96.3 Å². The van der Waals surface area contributed by atoms with E-state index in [4.69, 9.17) is 0 Å². The second-order valence-corrected chi connectivity index (χ2v) is 7.45. The smallest absolute Gasteiger partial charge is 0.00672 e. The van der Waals surface area contributed by atoms with Crippen molar-refractivity contribution in [3.63, 3.8) is 0 Å². The third-order valence-electron chi connectivity index (χ3n) is 3.10. The van der Waals surface area contributed by atoms with E-state index in [1.54, 1.807) is 0 Å². The normalized spacial score (nSPS) is 13.7. The fourth-order valence-electron chi connectivity index (χ4n) is 1.53. The van der Waals surface area contributed by atoms with Crippen LogP contribution in [0.4, 0.5) is 0 Å². The maximum absolute atomic E-state index is 2.32. The molecule has 1 rings (SSSR count). The highest BCUT2D eigenvalue weighted by Gasteiger charge is 2.19. The molecule has 0 aromatic heterocycles. The van der Waals surface area contributed by atoms with Crippen LogP contribution in [0.25, 0.3) is 0 Å². The highest BCUT2D eigenvalue weighted by Crippen LogP contribution is 2.38. The van der Waals surface area contributed by atoms with Crippen LogP contribution in [0.1, 0.15) is 45.7 Å². The van der Waals surface area contributed by atoms with E-state index in [0.29, 0.717) is 5.16 Å². The zero-order valence-corrected chi connectivity index (χ0v) is 11.8. The van der Waals surface area contributed by atoms with Crippen LogP contribution in [0.3, 0.4) is 0 Å². The summed E-state index contributed by atoms with van der Waals surface area (Å²) >= 11 is 0. The topological polar surface area (TPSA) is 0 Å². The molecule has 0 saturated heterocycles. The van der Waals surface area contributed by atoms with E-state index in [-0.39, 0.29) is 5.41 Å². The largest absolute Gasteiger partial charge is 0.115 e. The van der Waals surface area contributed by atoms with Gasteiger partial charge < -0.3 is 0 Å². The number of benzene rings is 1. The maximum Gasteiger partial charge on any atom is 0.00672 e. The van der Waals surface area contributed by atoms with Gasteiger partial charge in [-0.25, -0.2) is 0 Å². The molecule has 0 nitrogen and oxygen atoms in total. The fraction of sp³-hybridized carbons (Fsp3) is 0.571. The van der Waals surface area contributed by atoms with Crippen LogP contribution in [0, 0.1) is 0 Å². The van der Waals surface area contributed by atoms with E-state index in [1.807, 2.05) is 0 Å². The molecular weight excluding hydrogens is 199 g/mol. The Hall–Kier alpha value is -0.350. The lowest BCUT2D eigenvalue weighted by Crippen LogP contribution is -2.13. The molecular formula is C14H23P. The second kappa shape index (κ2) is 4.26. The molecule has 0 aliphatic carbocycles. The van der Waals surface area contributed by atoms with Crippen LogP contribution in [0.2, 0.25) is 0 Å². The van der Waals surface area contributed by atoms with Gasteiger partial charge in [-0.1, -0.05) is 58.9 Å². The summed E-state index contributed by atoms with van der Waals surface area (Å²) < 4.78 is 0. The van der Waals surface area contributed by atoms with Crippen LogP contribution in [-0.4, -0.2) is 6.66 Å². The Balaban J connectivity index is 3.01. The van der Waals surface area contributed by atoms with Gasteiger partial charge >= 0.3 is 0 Å². The molecule has 0 radical (unpaired) electrons. The summed E-state index contributed by atoms with van der Waals surface area (Å²) in [6.45, 7) is 13.7. The van der Waals surface area contributed by atoms with Crippen LogP contribution < -0.4 is 0 Å². The minimum absolute atomic E-state index is 0.261. The summed E-state index contributed by atoms with van der Waals surface area (Å²) in [5, 5.41) is 0.330. The zero-order valence-electron chi connectivity index (χ0n) is 10.8. The summed E-state index contributed by atoms with van der Waals surface area (Å²) in [6, 6.07) is 9.13. The van der Waals surface area contributed by atoms with Gasteiger partial charge in [0.05, 0.1) is 0 Å². The molecule has 0 saturated carbocycles. The highest BCUT2D eigenvalue weighted by atomic mass is 31.1. The van der Waals surface area contributed by atoms with E-state index in [2.05, 4.69) is 65.5 Å². The number of hydrogen-bond acceptors (Lipinski definition) is 0. The van der Waals surface area contributed by atoms with Gasteiger partial charge in [0.25, 0.3) is 0 Å². The summed E-state index contributed by atoms with van der Waals surface area (Å²) in [5.74, 6) is 0. The molecule has 0 N–H and O–H groups in total. The van der Waals surface area contributed by atoms with Gasteiger partial charge in [-0.05, 0) is 23.2 Å². The first kappa shape index (κ1) is 12.7. The summed E-state index contributed by atoms with van der Waals surface area (Å²) in [7, 11) is 0.945. The molecule has 1 aromatic rings. The SMILES string of the molecule is CPC(C)(C)c1ccc(C(C)(C)C)cc1. The van der Waals surface area contributed by atoms with Crippen LogP contribution in [-0.2, 0) is 10.6 Å². The van der Waals surface area contributed by atoms with Crippen molar-refractivity contribution in [2.24, 2.45) is 0 Å². The second-order valence-electron chi connectivity index (χ2n) is 5.70. The molecule has 1 atom stereocenters. The van der Waals surface area contributed by atoms with E-state index in [1.165, 1.54) is 11.1 Å². The molecule has 0 amide bonds. The Kier molecular flexibility index (Phi) is 3.61. The van der Waals surface area contributed by atoms with Gasteiger partial charge in [-0.2, -0.15) is 0 Å². The molecule has 84 valence electrons. The maximum atomic E-state index is 2.32. The Morgan fingerprint density at radius 3 is 1.53 bits per heavy atom. The van der Waals surface area contributed by atoms with Gasteiger partial charge in [0.1, 0.15) is 0 Å². The summed E-state index contributed by atoms with van der Waals surface area (Å²) in [6.07, 6.45) is 0. The first-order valence-corrected chi connectivity index (χ1v) is 7.07. The molecule has 0 aliphatic rings. The fourth-order valence-corrected chi connectivity index (χ4v) is 1.99. The van der Waals surface area contributed by atoms with Crippen molar-refractivity contribution in [3.05, 3.63) is 35.4 Å². The van der Waals surface area contributed by atoms with E-state index >= 15 is 0 Å². The third kappa shape index (κ3) is 3.05. The average Bonchev–Trinajstić information content (AvgIpc) is 2.17. The lowest BCUT2D eigenvalue weighted by atomic mass is 9.86. The predicted molar refractivity (Wildman–Crippen MR) is 72.4 cm³/mol.